The Morgan fingerprint density at radius 1 is 1.21 bits per heavy atom. The molecule has 1 aliphatic rings. The van der Waals surface area contributed by atoms with E-state index in [0.29, 0.717) is 17.7 Å². The Labute approximate surface area is 170 Å². The number of ether oxygens (including phenoxy) is 2. The summed E-state index contributed by atoms with van der Waals surface area (Å²) in [5.41, 5.74) is 7.13. The van der Waals surface area contributed by atoms with Crippen LogP contribution >= 0.6 is 11.8 Å². The number of halogens is 1. The number of imide groups is 1. The molecule has 0 aromatic heterocycles. The first-order valence-electron chi connectivity index (χ1n) is 8.76. The third kappa shape index (κ3) is 5.33. The molecule has 1 heterocycles. The van der Waals surface area contributed by atoms with Crippen molar-refractivity contribution in [2.45, 2.75) is 24.1 Å². The summed E-state index contributed by atoms with van der Waals surface area (Å²) in [6, 6.07) is 10.4. The Balaban J connectivity index is 1.62. The summed E-state index contributed by atoms with van der Waals surface area (Å²) in [6.07, 6.45) is 0.555. The Bertz CT molecular complexity index is 935. The van der Waals surface area contributed by atoms with Crippen molar-refractivity contribution in [1.82, 2.24) is 5.32 Å². The van der Waals surface area contributed by atoms with E-state index in [1.165, 1.54) is 19.2 Å². The number of hydrogen-bond donors (Lipinski definition) is 2. The summed E-state index contributed by atoms with van der Waals surface area (Å²) in [5, 5.41) is 1.25. The third-order valence-corrected chi connectivity index (χ3v) is 5.28. The first-order valence-corrected chi connectivity index (χ1v) is 9.64. The lowest BCUT2D eigenvalue weighted by atomic mass is 10.1. The minimum atomic E-state index is -0.757. The van der Waals surface area contributed by atoms with Crippen molar-refractivity contribution in [3.05, 3.63) is 59.4 Å². The van der Waals surface area contributed by atoms with E-state index in [-0.39, 0.29) is 18.1 Å². The molecular formula is C20H19FN2O5S. The molecule has 9 heteroatoms. The van der Waals surface area contributed by atoms with Crippen molar-refractivity contribution in [3.63, 3.8) is 0 Å². The predicted molar refractivity (Wildman–Crippen MR) is 105 cm³/mol. The molecule has 7 nitrogen and oxygen atoms in total. The molecule has 3 rings (SSSR count). The summed E-state index contributed by atoms with van der Waals surface area (Å²) < 4.78 is 24.6. The zero-order valence-electron chi connectivity index (χ0n) is 15.5. The lowest BCUT2D eigenvalue weighted by Crippen LogP contribution is -2.33. The number of amides is 2. The second-order valence-corrected chi connectivity index (χ2v) is 7.61. The van der Waals surface area contributed by atoms with Crippen molar-refractivity contribution in [2.75, 3.05) is 7.11 Å². The number of nitrogens with two attached hydrogens (primary N) is 1. The first-order chi connectivity index (χ1) is 13.9. The van der Waals surface area contributed by atoms with Crippen LogP contribution in [-0.4, -0.2) is 35.5 Å². The minimum Gasteiger partial charge on any atom is -0.468 e. The number of esters is 1. The number of hydrogen-bond acceptors (Lipinski definition) is 7. The zero-order chi connectivity index (χ0) is 21.0. The van der Waals surface area contributed by atoms with Gasteiger partial charge in [0.2, 0.25) is 5.91 Å². The average Bonchev–Trinajstić information content (AvgIpc) is 3.01. The van der Waals surface area contributed by atoms with Crippen LogP contribution < -0.4 is 15.8 Å². The highest BCUT2D eigenvalue weighted by Gasteiger charge is 2.31. The van der Waals surface area contributed by atoms with Crippen molar-refractivity contribution in [3.8, 4) is 11.5 Å². The van der Waals surface area contributed by atoms with Gasteiger partial charge >= 0.3 is 5.97 Å². The SMILES string of the molecule is COC(=O)[C@@H](N)Cc1ccc(Oc2ccc(CC3SC(=O)NC3=O)cc2F)cc1. The summed E-state index contributed by atoms with van der Waals surface area (Å²) >= 11 is 0.899. The summed E-state index contributed by atoms with van der Waals surface area (Å²) in [4.78, 5) is 34.2. The van der Waals surface area contributed by atoms with Crippen LogP contribution in [0.1, 0.15) is 11.1 Å². The molecule has 3 N–H and O–H groups in total. The molecule has 2 aromatic rings. The maximum atomic E-state index is 14.4. The largest absolute Gasteiger partial charge is 0.468 e. The molecule has 2 aromatic carbocycles. The van der Waals surface area contributed by atoms with E-state index in [1.807, 2.05) is 0 Å². The monoisotopic (exact) mass is 418 g/mol. The van der Waals surface area contributed by atoms with Crippen LogP contribution in [0.2, 0.25) is 0 Å². The van der Waals surface area contributed by atoms with Crippen LogP contribution in [-0.2, 0) is 27.2 Å². The second kappa shape index (κ2) is 9.06. The van der Waals surface area contributed by atoms with E-state index < -0.39 is 28.3 Å². The summed E-state index contributed by atoms with van der Waals surface area (Å²) in [7, 11) is 1.28. The normalized spacial score (nSPS) is 17.0. The third-order valence-electron chi connectivity index (χ3n) is 4.30. The number of methoxy groups -OCH3 is 1. The smallest absolute Gasteiger partial charge is 0.322 e. The van der Waals surface area contributed by atoms with E-state index in [1.54, 1.807) is 30.3 Å². The standard InChI is InChI=1S/C20H19FN2O5S/c1-27-19(25)15(22)9-11-2-5-13(6-3-11)28-16-7-4-12(8-14(16)21)10-17-18(24)23-20(26)29-17/h2-8,15,17H,9-10,22H2,1H3,(H,23,24,26)/t15-,17?/m0/s1. The Morgan fingerprint density at radius 3 is 2.48 bits per heavy atom. The number of rotatable bonds is 7. The highest BCUT2D eigenvalue weighted by atomic mass is 32.2. The average molecular weight is 418 g/mol. The quantitative estimate of drug-likeness (QED) is 0.666. The molecule has 0 bridgehead atoms. The Morgan fingerprint density at radius 2 is 1.90 bits per heavy atom. The minimum absolute atomic E-state index is 0.0346. The van der Waals surface area contributed by atoms with Crippen LogP contribution in [0.4, 0.5) is 9.18 Å². The van der Waals surface area contributed by atoms with Gasteiger partial charge in [0.15, 0.2) is 11.6 Å². The van der Waals surface area contributed by atoms with Gasteiger partial charge in [-0.05, 0) is 48.2 Å². The topological polar surface area (TPSA) is 108 Å². The van der Waals surface area contributed by atoms with Crippen LogP contribution in [0.15, 0.2) is 42.5 Å². The van der Waals surface area contributed by atoms with Crippen LogP contribution in [0, 0.1) is 5.82 Å². The van der Waals surface area contributed by atoms with Crippen molar-refractivity contribution >= 4 is 28.9 Å². The molecule has 0 radical (unpaired) electrons. The van der Waals surface area contributed by atoms with Gasteiger partial charge in [-0.3, -0.25) is 19.7 Å². The fraction of sp³-hybridized carbons (Fsp3) is 0.250. The molecule has 1 fully saturated rings. The molecule has 1 saturated heterocycles. The van der Waals surface area contributed by atoms with E-state index in [0.717, 1.165) is 17.3 Å². The lowest BCUT2D eigenvalue weighted by Gasteiger charge is -2.11. The molecule has 1 aliphatic heterocycles. The van der Waals surface area contributed by atoms with Gasteiger partial charge in [0.1, 0.15) is 11.8 Å². The van der Waals surface area contributed by atoms with Crippen LogP contribution in [0.5, 0.6) is 11.5 Å². The summed E-state index contributed by atoms with van der Waals surface area (Å²) in [5.74, 6) is -0.983. The molecule has 0 spiro atoms. The van der Waals surface area contributed by atoms with Crippen molar-refractivity contribution < 1.29 is 28.2 Å². The van der Waals surface area contributed by atoms with Gasteiger partial charge in [-0.1, -0.05) is 30.0 Å². The molecule has 0 aliphatic carbocycles. The van der Waals surface area contributed by atoms with Gasteiger partial charge in [-0.2, -0.15) is 0 Å². The molecule has 1 unspecified atom stereocenters. The maximum Gasteiger partial charge on any atom is 0.322 e. The second-order valence-electron chi connectivity index (χ2n) is 6.43. The zero-order valence-corrected chi connectivity index (χ0v) is 16.3. The van der Waals surface area contributed by atoms with E-state index in [9.17, 15) is 18.8 Å². The number of benzene rings is 2. The van der Waals surface area contributed by atoms with Gasteiger partial charge < -0.3 is 15.2 Å². The number of carbonyl (C=O) groups is 3. The van der Waals surface area contributed by atoms with Gasteiger partial charge in [0, 0.05) is 0 Å². The lowest BCUT2D eigenvalue weighted by molar-refractivity contribution is -0.142. The first kappa shape index (κ1) is 20.8. The molecule has 0 saturated carbocycles. The molecular weight excluding hydrogens is 399 g/mol. The molecule has 152 valence electrons. The van der Waals surface area contributed by atoms with Crippen LogP contribution in [0.25, 0.3) is 0 Å². The van der Waals surface area contributed by atoms with Gasteiger partial charge in [0.25, 0.3) is 5.24 Å². The maximum absolute atomic E-state index is 14.4. The Kier molecular flexibility index (Phi) is 6.50. The molecule has 29 heavy (non-hydrogen) atoms. The fourth-order valence-corrected chi connectivity index (χ4v) is 3.66. The predicted octanol–water partition coefficient (Wildman–Crippen LogP) is 2.55. The number of nitrogens with one attached hydrogen (secondary N) is 1. The number of carbonyl (C=O) groups excluding carboxylic acids is 3. The van der Waals surface area contributed by atoms with Gasteiger partial charge in [0.05, 0.1) is 12.4 Å². The molecule has 2 atom stereocenters. The van der Waals surface area contributed by atoms with E-state index in [2.05, 4.69) is 10.1 Å². The van der Waals surface area contributed by atoms with E-state index in [4.69, 9.17) is 10.5 Å². The number of thioether (sulfide) groups is 1. The van der Waals surface area contributed by atoms with Gasteiger partial charge in [-0.25, -0.2) is 4.39 Å². The summed E-state index contributed by atoms with van der Waals surface area (Å²) in [6.45, 7) is 0. The van der Waals surface area contributed by atoms with Crippen molar-refractivity contribution in [1.29, 1.82) is 0 Å². The van der Waals surface area contributed by atoms with Crippen LogP contribution in [0.3, 0.4) is 0 Å². The van der Waals surface area contributed by atoms with Crippen molar-refractivity contribution in [2.24, 2.45) is 5.73 Å². The molecule has 2 amide bonds. The van der Waals surface area contributed by atoms with E-state index >= 15 is 0 Å². The van der Waals surface area contributed by atoms with Gasteiger partial charge in [-0.15, -0.1) is 0 Å². The highest BCUT2D eigenvalue weighted by Crippen LogP contribution is 2.28. The Hall–Kier alpha value is -2.91. The highest BCUT2D eigenvalue weighted by molar-refractivity contribution is 8.15. The fourth-order valence-electron chi connectivity index (χ4n) is 2.80.